The topological polar surface area (TPSA) is 75.3 Å². The zero-order valence-corrected chi connectivity index (χ0v) is 15.3. The smallest absolute Gasteiger partial charge is 0.149 e. The quantitative estimate of drug-likeness (QED) is 0.573. The molecule has 3 atom stereocenters. The molecule has 0 aliphatic carbocycles. The zero-order chi connectivity index (χ0) is 17.4. The minimum Gasteiger partial charge on any atom is -0.385 e. The number of aliphatic hydroxyl groups excluding tert-OH is 1. The van der Waals surface area contributed by atoms with Gasteiger partial charge in [-0.2, -0.15) is 0 Å². The van der Waals surface area contributed by atoms with Crippen molar-refractivity contribution in [1.82, 2.24) is 5.32 Å². The van der Waals surface area contributed by atoms with Crippen LogP contribution < -0.4 is 11.1 Å². The van der Waals surface area contributed by atoms with Crippen LogP contribution in [0.1, 0.15) is 39.2 Å². The van der Waals surface area contributed by atoms with E-state index in [1.54, 1.807) is 0 Å². The highest BCUT2D eigenvalue weighted by molar-refractivity contribution is 7.21. The number of nitrogens with two attached hydrogens (primary N) is 1. The van der Waals surface area contributed by atoms with Crippen molar-refractivity contribution < 1.29 is 9.90 Å². The molecule has 1 aromatic carbocycles. The zero-order valence-electron chi connectivity index (χ0n) is 14.3. The maximum atomic E-state index is 12.1. The second-order valence-electron chi connectivity index (χ2n) is 6.36. The van der Waals surface area contributed by atoms with E-state index >= 15 is 0 Å². The Hall–Kier alpha value is -1.06. The molecule has 0 radical (unpaired) electrons. The van der Waals surface area contributed by atoms with Crippen LogP contribution >= 0.6 is 8.86 Å². The largest absolute Gasteiger partial charge is 0.385 e. The second-order valence-corrected chi connectivity index (χ2v) is 6.90. The Morgan fingerprint density at radius 3 is 2.43 bits per heavy atom. The van der Waals surface area contributed by atoms with Gasteiger partial charge in [0.1, 0.15) is 11.9 Å². The maximum absolute atomic E-state index is 12.1. The third-order valence-electron chi connectivity index (χ3n) is 3.79. The van der Waals surface area contributed by atoms with E-state index in [0.717, 1.165) is 12.0 Å². The lowest BCUT2D eigenvalue weighted by Crippen LogP contribution is -2.51. The number of hydrogen-bond acceptors (Lipinski definition) is 3. The Labute approximate surface area is 141 Å². The highest BCUT2D eigenvalue weighted by Crippen LogP contribution is 2.10. The van der Waals surface area contributed by atoms with Gasteiger partial charge in [0.15, 0.2) is 0 Å². The van der Waals surface area contributed by atoms with E-state index in [4.69, 9.17) is 5.73 Å². The number of benzene rings is 1. The molecule has 0 spiro atoms. The van der Waals surface area contributed by atoms with E-state index in [2.05, 4.69) is 28.0 Å². The van der Waals surface area contributed by atoms with Crippen LogP contribution in [0.4, 0.5) is 0 Å². The summed E-state index contributed by atoms with van der Waals surface area (Å²) in [6.45, 7) is 5.99. The molecule has 23 heavy (non-hydrogen) atoms. The Morgan fingerprint density at radius 1 is 1.30 bits per heavy atom. The van der Waals surface area contributed by atoms with Gasteiger partial charge in [0.05, 0.1) is 6.04 Å². The summed E-state index contributed by atoms with van der Waals surface area (Å²) < 4.78 is 0. The highest BCUT2D eigenvalue weighted by Gasteiger charge is 2.24. The number of nitrogens with one attached hydrogen (secondary N) is 1. The van der Waals surface area contributed by atoms with E-state index in [1.807, 2.05) is 37.3 Å². The Balaban J connectivity index is 2.64. The van der Waals surface area contributed by atoms with Crippen molar-refractivity contribution in [3.8, 4) is 0 Å². The number of carbonyl (C=O) groups is 1. The molecule has 4 nitrogen and oxygen atoms in total. The third-order valence-corrected chi connectivity index (χ3v) is 4.23. The highest BCUT2D eigenvalue weighted by atomic mass is 31.0. The molecule has 0 heterocycles. The summed E-state index contributed by atoms with van der Waals surface area (Å²) in [6, 6.07) is 9.06. The van der Waals surface area contributed by atoms with Gasteiger partial charge in [-0.15, -0.1) is 8.86 Å². The molecule has 0 aliphatic rings. The summed E-state index contributed by atoms with van der Waals surface area (Å²) in [5, 5.41) is 13.5. The maximum Gasteiger partial charge on any atom is 0.149 e. The van der Waals surface area contributed by atoms with Gasteiger partial charge in [-0.05, 0) is 24.3 Å². The minimum absolute atomic E-state index is 0.137. The standard InChI is InChI=1S/C18H29N2O2P/c1-4-16(21)15(10-12(2)3)20-18(23)17(22)14(19)11-13-8-6-5-7-9-13/h5-9,12,14-15,17,20,22-23H,4,10-11,19H2,1-3H3/t14-,15+,17+/m1/s1. The third kappa shape index (κ3) is 6.92. The van der Waals surface area contributed by atoms with Crippen molar-refractivity contribution in [3.05, 3.63) is 35.9 Å². The first kappa shape index (κ1) is 20.0. The van der Waals surface area contributed by atoms with Gasteiger partial charge in [0, 0.05) is 17.9 Å². The van der Waals surface area contributed by atoms with Gasteiger partial charge in [0.2, 0.25) is 0 Å². The van der Waals surface area contributed by atoms with Crippen LogP contribution in [0.3, 0.4) is 0 Å². The van der Waals surface area contributed by atoms with Crippen LogP contribution in [0, 0.1) is 5.92 Å². The van der Waals surface area contributed by atoms with E-state index in [1.165, 1.54) is 0 Å². The molecular formula is C18H29N2O2P. The van der Waals surface area contributed by atoms with Crippen molar-refractivity contribution in [1.29, 1.82) is 0 Å². The van der Waals surface area contributed by atoms with Crippen molar-refractivity contribution in [2.24, 2.45) is 11.7 Å². The summed E-state index contributed by atoms with van der Waals surface area (Å²) in [7, 11) is 3.43. The molecule has 0 saturated heterocycles. The van der Waals surface area contributed by atoms with Crippen molar-refractivity contribution in [3.63, 3.8) is 0 Å². The van der Waals surface area contributed by atoms with E-state index in [9.17, 15) is 9.90 Å². The van der Waals surface area contributed by atoms with Gasteiger partial charge in [-0.25, -0.2) is 0 Å². The van der Waals surface area contributed by atoms with Crippen molar-refractivity contribution in [2.75, 3.05) is 0 Å². The fourth-order valence-electron chi connectivity index (χ4n) is 2.47. The first-order chi connectivity index (χ1) is 10.8. The van der Waals surface area contributed by atoms with Gasteiger partial charge in [-0.1, -0.05) is 51.1 Å². The number of carbonyl (C=O) groups excluding carboxylic acids is 1. The van der Waals surface area contributed by atoms with Crippen LogP contribution in [0.5, 0.6) is 0 Å². The molecule has 0 saturated carbocycles. The predicted octanol–water partition coefficient (Wildman–Crippen LogP) is 2.17. The fraction of sp³-hybridized carbons (Fsp3) is 0.556. The van der Waals surface area contributed by atoms with Gasteiger partial charge in [-0.3, -0.25) is 10.1 Å². The molecule has 4 N–H and O–H groups in total. The molecule has 1 aromatic rings. The molecule has 0 fully saturated rings. The van der Waals surface area contributed by atoms with Crippen LogP contribution in [0.15, 0.2) is 30.3 Å². The molecule has 0 unspecified atom stereocenters. The molecule has 128 valence electrons. The molecular weight excluding hydrogens is 307 g/mol. The summed E-state index contributed by atoms with van der Waals surface area (Å²) in [5.74, 6) is 0.524. The first-order valence-electron chi connectivity index (χ1n) is 8.20. The molecule has 0 aromatic heterocycles. The van der Waals surface area contributed by atoms with Crippen LogP contribution in [0.25, 0.3) is 0 Å². The number of Topliss-reactive ketones (excluding diaryl/α,β-unsaturated/α-hetero) is 1. The molecule has 0 amide bonds. The number of ketones is 1. The van der Waals surface area contributed by atoms with Gasteiger partial charge >= 0.3 is 0 Å². The molecule has 5 heteroatoms. The van der Waals surface area contributed by atoms with E-state index in [-0.39, 0.29) is 11.8 Å². The van der Waals surface area contributed by atoms with Crippen molar-refractivity contribution in [2.45, 2.75) is 58.2 Å². The monoisotopic (exact) mass is 336 g/mol. The summed E-state index contributed by atoms with van der Waals surface area (Å²) in [5.41, 5.74) is 7.65. The van der Waals surface area contributed by atoms with Crippen LogP contribution in [-0.4, -0.2) is 34.5 Å². The van der Waals surface area contributed by atoms with Gasteiger partial charge < -0.3 is 10.8 Å². The molecule has 0 aliphatic heterocycles. The fourth-order valence-corrected chi connectivity index (χ4v) is 2.86. The Morgan fingerprint density at radius 2 is 1.91 bits per heavy atom. The lowest BCUT2D eigenvalue weighted by molar-refractivity contribution is -0.120. The van der Waals surface area contributed by atoms with Crippen LogP contribution in [0.2, 0.25) is 0 Å². The SMILES string of the molecule is CCC(=O)[C@H](CC(C)C)NC(=P)[C@@H](O)[C@H](N)Cc1ccccc1. The lowest BCUT2D eigenvalue weighted by Gasteiger charge is -2.25. The Kier molecular flexibility index (Phi) is 8.64. The first-order valence-corrected chi connectivity index (χ1v) is 8.70. The summed E-state index contributed by atoms with van der Waals surface area (Å²) >= 11 is 0. The van der Waals surface area contributed by atoms with E-state index in [0.29, 0.717) is 24.2 Å². The molecule has 1 rings (SSSR count). The molecule has 0 bridgehead atoms. The lowest BCUT2D eigenvalue weighted by atomic mass is 9.97. The minimum atomic E-state index is -0.869. The van der Waals surface area contributed by atoms with Gasteiger partial charge in [0.25, 0.3) is 0 Å². The number of hydrogen-bond donors (Lipinski definition) is 3. The summed E-state index contributed by atoms with van der Waals surface area (Å²) in [4.78, 5) is 12.1. The van der Waals surface area contributed by atoms with E-state index < -0.39 is 12.1 Å². The van der Waals surface area contributed by atoms with Crippen LogP contribution in [-0.2, 0) is 11.2 Å². The normalized spacial score (nSPS) is 15.2. The predicted molar refractivity (Wildman–Crippen MR) is 99.1 cm³/mol. The average Bonchev–Trinajstić information content (AvgIpc) is 2.53. The number of rotatable bonds is 10. The Bertz CT molecular complexity index is 505. The second kappa shape index (κ2) is 9.94. The van der Waals surface area contributed by atoms with Crippen molar-refractivity contribution >= 4 is 20.1 Å². The summed E-state index contributed by atoms with van der Waals surface area (Å²) in [6.07, 6.45) is 0.886. The number of aliphatic hydroxyl groups is 1. The average molecular weight is 336 g/mol.